The molecule has 0 radical (unpaired) electrons. The summed E-state index contributed by atoms with van der Waals surface area (Å²) >= 11 is 0. The molecule has 0 aromatic carbocycles. The standard InChI is InChI=1S/C10H18O2/c1-2-12-9-7-8(11)10(9)5-3-4-6-10/h8-9,11H,2-7H2,1H3/t8-,9-/m0/s1. The van der Waals surface area contributed by atoms with Crippen molar-refractivity contribution in [3.63, 3.8) is 0 Å². The van der Waals surface area contributed by atoms with Gasteiger partial charge in [0.2, 0.25) is 0 Å². The van der Waals surface area contributed by atoms with Crippen LogP contribution >= 0.6 is 0 Å². The highest BCUT2D eigenvalue weighted by Crippen LogP contribution is 2.54. The van der Waals surface area contributed by atoms with Gasteiger partial charge in [-0.3, -0.25) is 0 Å². The highest BCUT2D eigenvalue weighted by Gasteiger charge is 2.55. The predicted molar refractivity (Wildman–Crippen MR) is 46.9 cm³/mol. The molecule has 2 atom stereocenters. The Bertz CT molecular complexity index is 159. The Balaban J connectivity index is 2.00. The molecule has 2 fully saturated rings. The van der Waals surface area contributed by atoms with Gasteiger partial charge in [0.15, 0.2) is 0 Å². The molecule has 0 amide bonds. The van der Waals surface area contributed by atoms with E-state index in [2.05, 4.69) is 0 Å². The SMILES string of the molecule is CCO[C@H]1C[C@H](O)C12CCCC2. The van der Waals surface area contributed by atoms with Crippen LogP contribution in [-0.4, -0.2) is 23.9 Å². The van der Waals surface area contributed by atoms with Crippen LogP contribution in [0.15, 0.2) is 0 Å². The first-order valence-electron chi connectivity index (χ1n) is 5.09. The Morgan fingerprint density at radius 1 is 1.42 bits per heavy atom. The summed E-state index contributed by atoms with van der Waals surface area (Å²) < 4.78 is 5.63. The van der Waals surface area contributed by atoms with Gasteiger partial charge in [-0.05, 0) is 19.8 Å². The fourth-order valence-electron chi connectivity index (χ4n) is 2.85. The Morgan fingerprint density at radius 2 is 2.08 bits per heavy atom. The molecule has 0 bridgehead atoms. The molecule has 12 heavy (non-hydrogen) atoms. The lowest BCUT2D eigenvalue weighted by Crippen LogP contribution is -2.56. The van der Waals surface area contributed by atoms with E-state index in [1.807, 2.05) is 6.92 Å². The summed E-state index contributed by atoms with van der Waals surface area (Å²) in [5.74, 6) is 0. The van der Waals surface area contributed by atoms with Gasteiger partial charge in [-0.15, -0.1) is 0 Å². The van der Waals surface area contributed by atoms with Gasteiger partial charge >= 0.3 is 0 Å². The van der Waals surface area contributed by atoms with Gasteiger partial charge in [0, 0.05) is 18.4 Å². The van der Waals surface area contributed by atoms with Crippen molar-refractivity contribution in [1.82, 2.24) is 0 Å². The minimum Gasteiger partial charge on any atom is -0.392 e. The van der Waals surface area contributed by atoms with Crippen LogP contribution in [0.1, 0.15) is 39.0 Å². The Kier molecular flexibility index (Phi) is 2.13. The van der Waals surface area contributed by atoms with Crippen LogP contribution < -0.4 is 0 Å². The van der Waals surface area contributed by atoms with Crippen LogP contribution in [0.2, 0.25) is 0 Å². The summed E-state index contributed by atoms with van der Waals surface area (Å²) in [6, 6.07) is 0. The molecule has 2 heteroatoms. The normalized spacial score (nSPS) is 38.5. The summed E-state index contributed by atoms with van der Waals surface area (Å²) in [6.45, 7) is 2.83. The molecule has 0 heterocycles. The third kappa shape index (κ3) is 1.01. The maximum absolute atomic E-state index is 9.72. The van der Waals surface area contributed by atoms with Crippen molar-refractivity contribution >= 4 is 0 Å². The summed E-state index contributed by atoms with van der Waals surface area (Å²) in [4.78, 5) is 0. The van der Waals surface area contributed by atoms with E-state index in [9.17, 15) is 5.11 Å². The van der Waals surface area contributed by atoms with Crippen LogP contribution in [0.4, 0.5) is 0 Å². The zero-order valence-corrected chi connectivity index (χ0v) is 7.75. The molecule has 2 saturated carbocycles. The number of hydrogen-bond acceptors (Lipinski definition) is 2. The second-order valence-electron chi connectivity index (χ2n) is 4.14. The van der Waals surface area contributed by atoms with Crippen molar-refractivity contribution in [3.8, 4) is 0 Å². The van der Waals surface area contributed by atoms with Gasteiger partial charge in [-0.2, -0.15) is 0 Å². The van der Waals surface area contributed by atoms with E-state index < -0.39 is 0 Å². The highest BCUT2D eigenvalue weighted by atomic mass is 16.5. The fraction of sp³-hybridized carbons (Fsp3) is 1.00. The summed E-state index contributed by atoms with van der Waals surface area (Å²) in [5.41, 5.74) is 0.177. The minimum atomic E-state index is -0.0726. The molecule has 0 aromatic heterocycles. The second kappa shape index (κ2) is 3.00. The van der Waals surface area contributed by atoms with E-state index in [4.69, 9.17) is 4.74 Å². The molecule has 1 N–H and O–H groups in total. The largest absolute Gasteiger partial charge is 0.392 e. The van der Waals surface area contributed by atoms with Gasteiger partial charge in [-0.25, -0.2) is 0 Å². The Morgan fingerprint density at radius 3 is 2.58 bits per heavy atom. The average molecular weight is 170 g/mol. The van der Waals surface area contributed by atoms with E-state index in [-0.39, 0.29) is 11.5 Å². The number of rotatable bonds is 2. The molecular weight excluding hydrogens is 152 g/mol. The molecule has 2 nitrogen and oxygen atoms in total. The number of hydrogen-bond donors (Lipinski definition) is 1. The van der Waals surface area contributed by atoms with Gasteiger partial charge < -0.3 is 9.84 Å². The van der Waals surface area contributed by atoms with Crippen LogP contribution in [0.25, 0.3) is 0 Å². The van der Waals surface area contributed by atoms with E-state index in [1.54, 1.807) is 0 Å². The van der Waals surface area contributed by atoms with Gasteiger partial charge in [0.1, 0.15) is 0 Å². The maximum atomic E-state index is 9.72. The first-order valence-corrected chi connectivity index (χ1v) is 5.09. The molecule has 0 aromatic rings. The lowest BCUT2D eigenvalue weighted by Gasteiger charge is -2.51. The number of aliphatic hydroxyl groups excluding tert-OH is 1. The number of ether oxygens (including phenoxy) is 1. The van der Waals surface area contributed by atoms with Crippen molar-refractivity contribution in [3.05, 3.63) is 0 Å². The summed E-state index contributed by atoms with van der Waals surface area (Å²) in [7, 11) is 0. The fourth-order valence-corrected chi connectivity index (χ4v) is 2.85. The van der Waals surface area contributed by atoms with Crippen LogP contribution in [0.3, 0.4) is 0 Å². The molecule has 1 spiro atoms. The third-order valence-electron chi connectivity index (χ3n) is 3.64. The molecule has 0 unspecified atom stereocenters. The van der Waals surface area contributed by atoms with E-state index in [1.165, 1.54) is 25.7 Å². The van der Waals surface area contributed by atoms with E-state index >= 15 is 0 Å². The average Bonchev–Trinajstić information content (AvgIpc) is 2.55. The van der Waals surface area contributed by atoms with Crippen molar-refractivity contribution in [2.24, 2.45) is 5.41 Å². The quantitative estimate of drug-likeness (QED) is 0.683. The lowest BCUT2D eigenvalue weighted by molar-refractivity contribution is -0.187. The Hall–Kier alpha value is -0.0800. The summed E-state index contributed by atoms with van der Waals surface area (Å²) in [5, 5.41) is 9.72. The summed E-state index contributed by atoms with van der Waals surface area (Å²) in [6.07, 6.45) is 6.07. The van der Waals surface area contributed by atoms with E-state index in [0.29, 0.717) is 6.10 Å². The zero-order valence-electron chi connectivity index (χ0n) is 7.75. The maximum Gasteiger partial charge on any atom is 0.0680 e. The van der Waals surface area contributed by atoms with Gasteiger partial charge in [0.05, 0.1) is 12.2 Å². The molecule has 2 aliphatic carbocycles. The first-order chi connectivity index (χ1) is 5.79. The van der Waals surface area contributed by atoms with Crippen molar-refractivity contribution < 1.29 is 9.84 Å². The molecular formula is C10H18O2. The van der Waals surface area contributed by atoms with Crippen LogP contribution in [0, 0.1) is 5.41 Å². The van der Waals surface area contributed by atoms with Crippen molar-refractivity contribution in [2.75, 3.05) is 6.61 Å². The van der Waals surface area contributed by atoms with Crippen LogP contribution in [0.5, 0.6) is 0 Å². The predicted octanol–water partition coefficient (Wildman–Crippen LogP) is 1.72. The van der Waals surface area contributed by atoms with Crippen molar-refractivity contribution in [2.45, 2.75) is 51.2 Å². The first kappa shape index (κ1) is 8.52. The van der Waals surface area contributed by atoms with Gasteiger partial charge in [0.25, 0.3) is 0 Å². The highest BCUT2D eigenvalue weighted by molar-refractivity contribution is 5.06. The lowest BCUT2D eigenvalue weighted by atomic mass is 9.62. The molecule has 2 rings (SSSR count). The third-order valence-corrected chi connectivity index (χ3v) is 3.64. The Labute approximate surface area is 73.9 Å². The molecule has 70 valence electrons. The van der Waals surface area contributed by atoms with Gasteiger partial charge in [-0.1, -0.05) is 12.8 Å². The van der Waals surface area contributed by atoms with Crippen LogP contribution in [-0.2, 0) is 4.74 Å². The second-order valence-corrected chi connectivity index (χ2v) is 4.14. The molecule has 2 aliphatic rings. The monoisotopic (exact) mass is 170 g/mol. The number of aliphatic hydroxyl groups is 1. The zero-order chi connectivity index (χ0) is 8.60. The minimum absolute atomic E-state index is 0.0726. The molecule has 0 aliphatic heterocycles. The topological polar surface area (TPSA) is 29.5 Å². The van der Waals surface area contributed by atoms with Crippen molar-refractivity contribution in [1.29, 1.82) is 0 Å². The van der Waals surface area contributed by atoms with E-state index in [0.717, 1.165) is 13.0 Å². The smallest absolute Gasteiger partial charge is 0.0680 e. The molecule has 0 saturated heterocycles.